The first-order chi connectivity index (χ1) is 9.78. The van der Waals surface area contributed by atoms with Gasteiger partial charge in [-0.25, -0.2) is 0 Å². The topological polar surface area (TPSA) is 42.8 Å². The van der Waals surface area contributed by atoms with Gasteiger partial charge in [0.05, 0.1) is 5.56 Å². The Morgan fingerprint density at radius 2 is 2.10 bits per heavy atom. The van der Waals surface area contributed by atoms with Crippen LogP contribution in [-0.2, 0) is 0 Å². The summed E-state index contributed by atoms with van der Waals surface area (Å²) in [6.07, 6.45) is 2.48. The largest absolute Gasteiger partial charge is 0.357 e. The number of anilines is 1. The molecule has 0 saturated carbocycles. The molecule has 3 rings (SSSR count). The molecular formula is C17H19N3. The van der Waals surface area contributed by atoms with Gasteiger partial charge in [0.1, 0.15) is 11.9 Å². The van der Waals surface area contributed by atoms with Gasteiger partial charge in [-0.15, -0.1) is 0 Å². The number of aromatic amines is 1. The van der Waals surface area contributed by atoms with Crippen LogP contribution in [-0.4, -0.2) is 18.1 Å². The summed E-state index contributed by atoms with van der Waals surface area (Å²) in [5, 5.41) is 9.38. The Morgan fingerprint density at radius 3 is 2.80 bits per heavy atom. The van der Waals surface area contributed by atoms with E-state index in [2.05, 4.69) is 35.0 Å². The zero-order valence-corrected chi connectivity index (χ0v) is 11.8. The number of nitrogens with one attached hydrogen (secondary N) is 1. The average molecular weight is 265 g/mol. The number of hydrogen-bond acceptors (Lipinski definition) is 2. The van der Waals surface area contributed by atoms with Crippen LogP contribution in [0.3, 0.4) is 0 Å². The molecule has 1 aliphatic heterocycles. The predicted octanol–water partition coefficient (Wildman–Crippen LogP) is 3.79. The van der Waals surface area contributed by atoms with Crippen molar-refractivity contribution in [2.75, 3.05) is 18.0 Å². The minimum absolute atomic E-state index is 0.693. The van der Waals surface area contributed by atoms with Crippen LogP contribution in [0.1, 0.15) is 25.3 Å². The Bertz CT molecular complexity index is 621. The van der Waals surface area contributed by atoms with E-state index in [1.54, 1.807) is 0 Å². The van der Waals surface area contributed by atoms with Gasteiger partial charge in [-0.2, -0.15) is 5.26 Å². The van der Waals surface area contributed by atoms with Crippen molar-refractivity contribution in [3.05, 3.63) is 42.0 Å². The lowest BCUT2D eigenvalue weighted by molar-refractivity contribution is 0.445. The molecule has 102 valence electrons. The molecule has 1 aliphatic rings. The molecule has 1 saturated heterocycles. The molecule has 2 aromatic rings. The monoisotopic (exact) mass is 265 g/mol. The molecule has 3 heteroatoms. The molecule has 0 aliphatic carbocycles. The smallest absolute Gasteiger partial charge is 0.124 e. The van der Waals surface area contributed by atoms with Crippen molar-refractivity contribution in [3.63, 3.8) is 0 Å². The second kappa shape index (κ2) is 5.42. The van der Waals surface area contributed by atoms with Crippen LogP contribution in [0.2, 0.25) is 0 Å². The van der Waals surface area contributed by atoms with E-state index in [-0.39, 0.29) is 0 Å². The SMILES string of the molecule is CC1CCCN(c2[nH]c(-c3ccccc3)cc2C#N)C1. The fourth-order valence-electron chi connectivity index (χ4n) is 2.94. The maximum Gasteiger partial charge on any atom is 0.124 e. The number of piperidine rings is 1. The van der Waals surface area contributed by atoms with Gasteiger partial charge in [-0.3, -0.25) is 0 Å². The van der Waals surface area contributed by atoms with Crippen molar-refractivity contribution in [3.8, 4) is 17.3 Å². The highest BCUT2D eigenvalue weighted by Crippen LogP contribution is 2.29. The first-order valence-electron chi connectivity index (χ1n) is 7.21. The van der Waals surface area contributed by atoms with E-state index in [9.17, 15) is 5.26 Å². The van der Waals surface area contributed by atoms with E-state index in [1.165, 1.54) is 12.8 Å². The third-order valence-electron chi connectivity index (χ3n) is 3.98. The number of rotatable bonds is 2. The Morgan fingerprint density at radius 1 is 1.30 bits per heavy atom. The lowest BCUT2D eigenvalue weighted by Gasteiger charge is -2.32. The highest BCUT2D eigenvalue weighted by atomic mass is 15.2. The number of nitrogens with zero attached hydrogens (tertiary/aromatic N) is 2. The molecule has 0 amide bonds. The summed E-state index contributed by atoms with van der Waals surface area (Å²) in [7, 11) is 0. The second-order valence-electron chi connectivity index (χ2n) is 5.62. The molecule has 1 N–H and O–H groups in total. The van der Waals surface area contributed by atoms with Gasteiger partial charge in [-0.1, -0.05) is 37.3 Å². The molecule has 1 fully saturated rings. The summed E-state index contributed by atoms with van der Waals surface area (Å²) in [6, 6.07) is 14.5. The van der Waals surface area contributed by atoms with Crippen molar-refractivity contribution in [1.82, 2.24) is 4.98 Å². The zero-order valence-electron chi connectivity index (χ0n) is 11.8. The standard InChI is InChI=1S/C17H19N3/c1-13-6-5-9-20(12-13)17-15(11-18)10-16(19-17)14-7-3-2-4-8-14/h2-4,7-8,10,13,19H,5-6,9,12H2,1H3. The van der Waals surface area contributed by atoms with Gasteiger partial charge >= 0.3 is 0 Å². The minimum Gasteiger partial charge on any atom is -0.357 e. The second-order valence-corrected chi connectivity index (χ2v) is 5.62. The van der Waals surface area contributed by atoms with Gasteiger partial charge in [0.2, 0.25) is 0 Å². The van der Waals surface area contributed by atoms with E-state index >= 15 is 0 Å². The van der Waals surface area contributed by atoms with Crippen LogP contribution in [0.5, 0.6) is 0 Å². The third-order valence-corrected chi connectivity index (χ3v) is 3.98. The molecule has 3 nitrogen and oxygen atoms in total. The Hall–Kier alpha value is -2.21. The number of benzene rings is 1. The molecule has 20 heavy (non-hydrogen) atoms. The summed E-state index contributed by atoms with van der Waals surface area (Å²) in [4.78, 5) is 5.76. The summed E-state index contributed by atoms with van der Waals surface area (Å²) in [6.45, 7) is 4.34. The van der Waals surface area contributed by atoms with E-state index in [1.807, 2.05) is 24.3 Å². The molecule has 0 radical (unpaired) electrons. The van der Waals surface area contributed by atoms with Crippen molar-refractivity contribution in [2.24, 2.45) is 5.92 Å². The summed E-state index contributed by atoms with van der Waals surface area (Å²) >= 11 is 0. The summed E-state index contributed by atoms with van der Waals surface area (Å²) < 4.78 is 0. The van der Waals surface area contributed by atoms with Crippen LogP contribution in [0.4, 0.5) is 5.82 Å². The Labute approximate surface area is 119 Å². The Balaban J connectivity index is 1.95. The van der Waals surface area contributed by atoms with Gasteiger partial charge in [0.15, 0.2) is 0 Å². The van der Waals surface area contributed by atoms with E-state index < -0.39 is 0 Å². The molecule has 0 bridgehead atoms. The van der Waals surface area contributed by atoms with Crippen LogP contribution in [0.25, 0.3) is 11.3 Å². The van der Waals surface area contributed by atoms with Gasteiger partial charge in [-0.05, 0) is 30.4 Å². The number of H-pyrrole nitrogens is 1. The maximum absolute atomic E-state index is 9.38. The number of nitriles is 1. The van der Waals surface area contributed by atoms with E-state index in [0.717, 1.165) is 35.7 Å². The summed E-state index contributed by atoms with van der Waals surface area (Å²) in [5.74, 6) is 1.68. The van der Waals surface area contributed by atoms with Crippen molar-refractivity contribution >= 4 is 5.82 Å². The molecule has 1 unspecified atom stereocenters. The fraction of sp³-hybridized carbons (Fsp3) is 0.353. The predicted molar refractivity (Wildman–Crippen MR) is 81.6 cm³/mol. The van der Waals surface area contributed by atoms with Gasteiger partial charge in [0, 0.05) is 18.8 Å². The highest BCUT2D eigenvalue weighted by molar-refractivity contribution is 5.69. The average Bonchev–Trinajstić information content (AvgIpc) is 2.92. The highest BCUT2D eigenvalue weighted by Gasteiger charge is 2.21. The molecule has 1 aromatic heterocycles. The van der Waals surface area contributed by atoms with Crippen molar-refractivity contribution in [2.45, 2.75) is 19.8 Å². The molecule has 2 heterocycles. The lowest BCUT2D eigenvalue weighted by atomic mass is 10.0. The van der Waals surface area contributed by atoms with Gasteiger partial charge < -0.3 is 9.88 Å². The van der Waals surface area contributed by atoms with E-state index in [0.29, 0.717) is 5.92 Å². The first-order valence-corrected chi connectivity index (χ1v) is 7.21. The van der Waals surface area contributed by atoms with Crippen molar-refractivity contribution in [1.29, 1.82) is 5.26 Å². The Kier molecular flexibility index (Phi) is 3.47. The number of hydrogen-bond donors (Lipinski definition) is 1. The third kappa shape index (κ3) is 2.42. The normalized spacial score (nSPS) is 18.8. The molecule has 0 spiro atoms. The van der Waals surface area contributed by atoms with Crippen molar-refractivity contribution < 1.29 is 0 Å². The molecule has 1 atom stereocenters. The molecule has 1 aromatic carbocycles. The number of aromatic nitrogens is 1. The van der Waals surface area contributed by atoms with Crippen LogP contribution < -0.4 is 4.90 Å². The lowest BCUT2D eigenvalue weighted by Crippen LogP contribution is -2.34. The summed E-state index contributed by atoms with van der Waals surface area (Å²) in [5.41, 5.74) is 2.90. The van der Waals surface area contributed by atoms with Crippen LogP contribution in [0.15, 0.2) is 36.4 Å². The fourth-order valence-corrected chi connectivity index (χ4v) is 2.94. The van der Waals surface area contributed by atoms with E-state index in [4.69, 9.17) is 0 Å². The van der Waals surface area contributed by atoms with Gasteiger partial charge in [0.25, 0.3) is 0 Å². The molecular weight excluding hydrogens is 246 g/mol. The maximum atomic E-state index is 9.38. The van der Waals surface area contributed by atoms with Crippen LogP contribution >= 0.6 is 0 Å². The first kappa shape index (κ1) is 12.8. The minimum atomic E-state index is 0.693. The quantitative estimate of drug-likeness (QED) is 0.897. The van der Waals surface area contributed by atoms with Crippen LogP contribution in [0, 0.1) is 17.2 Å². The zero-order chi connectivity index (χ0) is 13.9.